The van der Waals surface area contributed by atoms with Crippen molar-refractivity contribution < 1.29 is 26.3 Å². The van der Waals surface area contributed by atoms with E-state index in [1.165, 1.54) is 0 Å². The number of alkyl halides is 6. The summed E-state index contributed by atoms with van der Waals surface area (Å²) < 4.78 is 71.6. The topological polar surface area (TPSA) is 24.9 Å². The number of nitrogens with zero attached hydrogens (tertiary/aromatic N) is 1. The molecule has 8 heteroatoms. The van der Waals surface area contributed by atoms with Gasteiger partial charge in [0, 0.05) is 12.7 Å². The molecule has 0 spiro atoms. The van der Waals surface area contributed by atoms with E-state index in [-0.39, 0.29) is 12.2 Å². The van der Waals surface area contributed by atoms with E-state index in [0.29, 0.717) is 6.20 Å². The molecule has 0 aromatic carbocycles. The normalized spacial score (nSPS) is 12.8. The Morgan fingerprint density at radius 2 is 1.71 bits per heavy atom. The smallest absolute Gasteiger partial charge is 0.303 e. The fraction of sp³-hybridized carbons (Fsp3) is 0.444. The zero-order valence-electron chi connectivity index (χ0n) is 8.36. The van der Waals surface area contributed by atoms with Gasteiger partial charge in [0.2, 0.25) is 0 Å². The fourth-order valence-corrected chi connectivity index (χ4v) is 1.03. The molecule has 1 heterocycles. The number of rotatable bonds is 3. The lowest BCUT2D eigenvalue weighted by Gasteiger charge is -2.09. The van der Waals surface area contributed by atoms with Crippen LogP contribution in [0, 0.1) is 0 Å². The molecular formula is C9H8F6N2. The van der Waals surface area contributed by atoms with Crippen LogP contribution in [-0.4, -0.2) is 17.7 Å². The number of nitrogens with one attached hydrogen (secondary N) is 1. The Bertz CT molecular complexity index is 353. The predicted molar refractivity (Wildman–Crippen MR) is 47.0 cm³/mol. The summed E-state index contributed by atoms with van der Waals surface area (Å²) in [7, 11) is 0. The van der Waals surface area contributed by atoms with Crippen LogP contribution >= 0.6 is 0 Å². The van der Waals surface area contributed by atoms with Gasteiger partial charge in [-0.3, -0.25) is 4.98 Å². The summed E-state index contributed by atoms with van der Waals surface area (Å²) in [4.78, 5) is 3.41. The van der Waals surface area contributed by atoms with Crippen molar-refractivity contribution in [3.05, 3.63) is 29.6 Å². The van der Waals surface area contributed by atoms with E-state index in [2.05, 4.69) is 4.98 Å². The van der Waals surface area contributed by atoms with Gasteiger partial charge in [0.1, 0.15) is 0 Å². The van der Waals surface area contributed by atoms with Gasteiger partial charge in [-0.25, -0.2) is 0 Å². The molecule has 0 fully saturated rings. The summed E-state index contributed by atoms with van der Waals surface area (Å²) in [5, 5.41) is 2.03. The first kappa shape index (κ1) is 13.8. The minimum atomic E-state index is -4.50. The summed E-state index contributed by atoms with van der Waals surface area (Å²) in [6, 6.07) is 1.81. The molecule has 0 aliphatic carbocycles. The van der Waals surface area contributed by atoms with Gasteiger partial charge in [0.15, 0.2) is 0 Å². The zero-order valence-corrected chi connectivity index (χ0v) is 8.36. The van der Waals surface area contributed by atoms with Gasteiger partial charge in [-0.2, -0.15) is 26.3 Å². The lowest BCUT2D eigenvalue weighted by atomic mass is 10.2. The van der Waals surface area contributed by atoms with E-state index in [1.54, 1.807) is 0 Å². The maximum atomic E-state index is 12.1. The summed E-state index contributed by atoms with van der Waals surface area (Å²) in [5.74, 6) is 0. The van der Waals surface area contributed by atoms with Crippen LogP contribution < -0.4 is 5.32 Å². The Labute approximate surface area is 92.7 Å². The monoisotopic (exact) mass is 258 g/mol. The molecule has 0 bridgehead atoms. The minimum absolute atomic E-state index is 0.113. The highest BCUT2D eigenvalue weighted by molar-refractivity contribution is 5.16. The molecule has 17 heavy (non-hydrogen) atoms. The molecule has 2 nitrogen and oxygen atoms in total. The van der Waals surface area contributed by atoms with E-state index in [0.717, 1.165) is 12.1 Å². The van der Waals surface area contributed by atoms with Crippen LogP contribution in [-0.2, 0) is 12.7 Å². The first-order valence-corrected chi connectivity index (χ1v) is 4.48. The van der Waals surface area contributed by atoms with Crippen LogP contribution in [0.4, 0.5) is 26.3 Å². The van der Waals surface area contributed by atoms with E-state index < -0.39 is 24.5 Å². The first-order valence-electron chi connectivity index (χ1n) is 4.48. The van der Waals surface area contributed by atoms with Crippen LogP contribution in [0.5, 0.6) is 0 Å². The van der Waals surface area contributed by atoms with Crippen molar-refractivity contribution in [2.24, 2.45) is 0 Å². The number of halogens is 6. The molecule has 1 aromatic rings. The number of hydrogen-bond donors (Lipinski definition) is 1. The van der Waals surface area contributed by atoms with Crippen LogP contribution in [0.1, 0.15) is 11.3 Å². The van der Waals surface area contributed by atoms with Crippen molar-refractivity contribution in [1.82, 2.24) is 10.3 Å². The SMILES string of the molecule is FC(F)(F)CNCc1ccc(C(F)(F)F)cn1. The minimum Gasteiger partial charge on any atom is -0.303 e. The maximum absolute atomic E-state index is 12.1. The zero-order chi connectivity index (χ0) is 13.1. The summed E-state index contributed by atoms with van der Waals surface area (Å²) in [5.41, 5.74) is -0.820. The van der Waals surface area contributed by atoms with Crippen molar-refractivity contribution in [3.8, 4) is 0 Å². The molecule has 1 aromatic heterocycles. The van der Waals surface area contributed by atoms with Crippen LogP contribution in [0.2, 0.25) is 0 Å². The van der Waals surface area contributed by atoms with Crippen molar-refractivity contribution >= 4 is 0 Å². The average molecular weight is 258 g/mol. The Hall–Kier alpha value is -1.31. The molecule has 96 valence electrons. The second-order valence-electron chi connectivity index (χ2n) is 3.25. The van der Waals surface area contributed by atoms with Gasteiger partial charge >= 0.3 is 12.4 Å². The summed E-state index contributed by atoms with van der Waals surface area (Å²) >= 11 is 0. The molecule has 1 N–H and O–H groups in total. The second kappa shape index (κ2) is 4.91. The number of pyridine rings is 1. The number of aromatic nitrogens is 1. The molecule has 0 radical (unpaired) electrons. The summed E-state index contributed by atoms with van der Waals surface area (Å²) in [6.45, 7) is -1.45. The van der Waals surface area contributed by atoms with Gasteiger partial charge in [0.05, 0.1) is 17.8 Å². The lowest BCUT2D eigenvalue weighted by molar-refractivity contribution is -0.137. The first-order chi connectivity index (χ1) is 7.68. The third-order valence-corrected chi connectivity index (χ3v) is 1.78. The molecule has 0 aliphatic rings. The molecule has 0 aliphatic heterocycles. The third-order valence-electron chi connectivity index (χ3n) is 1.78. The van der Waals surface area contributed by atoms with Crippen molar-refractivity contribution in [2.75, 3.05) is 6.54 Å². The van der Waals surface area contributed by atoms with Gasteiger partial charge in [-0.15, -0.1) is 0 Å². The Morgan fingerprint density at radius 3 is 2.12 bits per heavy atom. The third kappa shape index (κ3) is 5.03. The molecule has 0 amide bonds. The van der Waals surface area contributed by atoms with Crippen molar-refractivity contribution in [2.45, 2.75) is 18.9 Å². The highest BCUT2D eigenvalue weighted by Crippen LogP contribution is 2.28. The highest BCUT2D eigenvalue weighted by atomic mass is 19.4. The highest BCUT2D eigenvalue weighted by Gasteiger charge is 2.30. The lowest BCUT2D eigenvalue weighted by Crippen LogP contribution is -2.28. The fourth-order valence-electron chi connectivity index (χ4n) is 1.03. The quantitative estimate of drug-likeness (QED) is 0.843. The van der Waals surface area contributed by atoms with Gasteiger partial charge in [-0.05, 0) is 12.1 Å². The van der Waals surface area contributed by atoms with Crippen LogP contribution in [0.15, 0.2) is 18.3 Å². The Balaban J connectivity index is 2.52. The molecule has 0 atom stereocenters. The maximum Gasteiger partial charge on any atom is 0.417 e. The van der Waals surface area contributed by atoms with Crippen LogP contribution in [0.25, 0.3) is 0 Å². The van der Waals surface area contributed by atoms with Gasteiger partial charge < -0.3 is 5.32 Å². The predicted octanol–water partition coefficient (Wildman–Crippen LogP) is 2.75. The average Bonchev–Trinajstić information content (AvgIpc) is 2.15. The van der Waals surface area contributed by atoms with E-state index in [1.807, 2.05) is 5.32 Å². The van der Waals surface area contributed by atoms with Crippen LogP contribution in [0.3, 0.4) is 0 Å². The molecule has 0 saturated carbocycles. The van der Waals surface area contributed by atoms with Crippen molar-refractivity contribution in [3.63, 3.8) is 0 Å². The van der Waals surface area contributed by atoms with E-state index in [4.69, 9.17) is 0 Å². The summed E-state index contributed by atoms with van der Waals surface area (Å²) in [6.07, 6.45) is -8.26. The standard InChI is InChI=1S/C9H8F6N2/c10-8(11,12)5-16-4-7-2-1-6(3-17-7)9(13,14)15/h1-3,16H,4-5H2. The van der Waals surface area contributed by atoms with E-state index >= 15 is 0 Å². The second-order valence-corrected chi connectivity index (χ2v) is 3.25. The molecular weight excluding hydrogens is 250 g/mol. The van der Waals surface area contributed by atoms with E-state index in [9.17, 15) is 26.3 Å². The van der Waals surface area contributed by atoms with Crippen molar-refractivity contribution in [1.29, 1.82) is 0 Å². The molecule has 1 rings (SSSR count). The van der Waals surface area contributed by atoms with Gasteiger partial charge in [-0.1, -0.05) is 0 Å². The molecule has 0 unspecified atom stereocenters. The molecule has 0 saturated heterocycles. The Morgan fingerprint density at radius 1 is 1.06 bits per heavy atom. The Kier molecular flexibility index (Phi) is 3.97. The van der Waals surface area contributed by atoms with Gasteiger partial charge in [0.25, 0.3) is 0 Å². The number of hydrogen-bond acceptors (Lipinski definition) is 2. The largest absolute Gasteiger partial charge is 0.417 e.